The number of nitrogens with zero attached hydrogens (tertiary/aromatic N) is 2. The molecule has 18 heavy (non-hydrogen) atoms. The second-order valence-electron chi connectivity index (χ2n) is 3.87. The molecule has 94 valence electrons. The zero-order chi connectivity index (χ0) is 13.0. The second kappa shape index (κ2) is 5.78. The minimum Gasteiger partial charge on any atom is -0.340 e. The molecule has 0 amide bonds. The highest BCUT2D eigenvalue weighted by molar-refractivity contribution is 6.30. The molecule has 0 aliphatic rings. The molecule has 0 bridgehead atoms. The van der Waals surface area contributed by atoms with E-state index >= 15 is 0 Å². The molecule has 3 nitrogen and oxygen atoms in total. The topological polar surface area (TPSA) is 37.8 Å². The zero-order valence-electron chi connectivity index (χ0n) is 9.95. The molecule has 0 saturated heterocycles. The highest BCUT2D eigenvalue weighted by Gasteiger charge is 2.09. The Morgan fingerprint density at radius 2 is 1.94 bits per heavy atom. The van der Waals surface area contributed by atoms with Crippen LogP contribution in [0, 0.1) is 5.82 Å². The molecule has 0 fully saturated rings. The van der Waals surface area contributed by atoms with Gasteiger partial charge in [-0.05, 0) is 30.7 Å². The van der Waals surface area contributed by atoms with E-state index in [1.165, 1.54) is 18.5 Å². The van der Waals surface area contributed by atoms with Crippen LogP contribution in [0.3, 0.4) is 0 Å². The van der Waals surface area contributed by atoms with Crippen molar-refractivity contribution >= 4 is 23.1 Å². The summed E-state index contributed by atoms with van der Waals surface area (Å²) in [6.45, 7) is 2.06. The summed E-state index contributed by atoms with van der Waals surface area (Å²) >= 11 is 6.05. The summed E-state index contributed by atoms with van der Waals surface area (Å²) in [4.78, 5) is 8.14. The van der Waals surface area contributed by atoms with Gasteiger partial charge >= 0.3 is 0 Å². The van der Waals surface area contributed by atoms with Gasteiger partial charge < -0.3 is 5.32 Å². The van der Waals surface area contributed by atoms with Crippen molar-refractivity contribution in [1.82, 2.24) is 9.97 Å². The summed E-state index contributed by atoms with van der Waals surface area (Å²) in [7, 11) is 0. The van der Waals surface area contributed by atoms with Gasteiger partial charge in [0.05, 0.1) is 0 Å². The molecule has 0 spiro atoms. The molecule has 1 heterocycles. The second-order valence-corrected chi connectivity index (χ2v) is 4.23. The third kappa shape index (κ3) is 2.96. The fourth-order valence-electron chi connectivity index (χ4n) is 1.64. The molecular weight excluding hydrogens is 253 g/mol. The molecule has 0 aliphatic heterocycles. The molecule has 1 aromatic carbocycles. The van der Waals surface area contributed by atoms with Crippen molar-refractivity contribution in [2.24, 2.45) is 0 Å². The van der Waals surface area contributed by atoms with Crippen LogP contribution >= 0.6 is 11.6 Å². The number of anilines is 2. The fraction of sp³-hybridized carbons (Fsp3) is 0.231. The monoisotopic (exact) mass is 265 g/mol. The minimum absolute atomic E-state index is 0.268. The molecule has 1 aromatic heterocycles. The van der Waals surface area contributed by atoms with Gasteiger partial charge in [-0.2, -0.15) is 0 Å². The maximum atomic E-state index is 12.8. The van der Waals surface area contributed by atoms with Gasteiger partial charge in [-0.15, -0.1) is 0 Å². The van der Waals surface area contributed by atoms with E-state index in [2.05, 4.69) is 22.2 Å². The van der Waals surface area contributed by atoms with E-state index in [1.807, 2.05) is 0 Å². The lowest BCUT2D eigenvalue weighted by atomic mass is 10.2. The van der Waals surface area contributed by atoms with Crippen LogP contribution in [-0.4, -0.2) is 9.97 Å². The van der Waals surface area contributed by atoms with Crippen molar-refractivity contribution in [2.75, 3.05) is 5.32 Å². The van der Waals surface area contributed by atoms with Crippen LogP contribution in [-0.2, 0) is 6.42 Å². The van der Waals surface area contributed by atoms with Gasteiger partial charge in [-0.3, -0.25) is 0 Å². The van der Waals surface area contributed by atoms with Crippen LogP contribution in [0.1, 0.15) is 18.9 Å². The number of benzene rings is 1. The third-order valence-electron chi connectivity index (χ3n) is 2.50. The SMILES string of the molecule is CCCc1c(Cl)ncnc1Nc1ccc(F)cc1. The highest BCUT2D eigenvalue weighted by atomic mass is 35.5. The first-order valence-electron chi connectivity index (χ1n) is 5.72. The molecule has 0 saturated carbocycles. The zero-order valence-corrected chi connectivity index (χ0v) is 10.7. The van der Waals surface area contributed by atoms with Crippen LogP contribution < -0.4 is 5.32 Å². The number of nitrogens with one attached hydrogen (secondary N) is 1. The van der Waals surface area contributed by atoms with Crippen LogP contribution in [0.25, 0.3) is 0 Å². The quantitative estimate of drug-likeness (QED) is 0.850. The Labute approximate surface area is 110 Å². The molecule has 0 atom stereocenters. The van der Waals surface area contributed by atoms with Crippen molar-refractivity contribution in [2.45, 2.75) is 19.8 Å². The van der Waals surface area contributed by atoms with Crippen molar-refractivity contribution < 1.29 is 4.39 Å². The molecule has 2 aromatic rings. The Morgan fingerprint density at radius 1 is 1.22 bits per heavy atom. The average molecular weight is 266 g/mol. The first-order chi connectivity index (χ1) is 8.70. The van der Waals surface area contributed by atoms with Gasteiger partial charge in [0, 0.05) is 11.3 Å². The van der Waals surface area contributed by atoms with E-state index in [9.17, 15) is 4.39 Å². The van der Waals surface area contributed by atoms with E-state index in [1.54, 1.807) is 12.1 Å². The van der Waals surface area contributed by atoms with Gasteiger partial charge in [-0.25, -0.2) is 14.4 Å². The smallest absolute Gasteiger partial charge is 0.138 e. The standard InChI is InChI=1S/C13H13ClFN3/c1-2-3-11-12(14)16-8-17-13(11)18-10-6-4-9(15)5-7-10/h4-8H,2-3H2,1H3,(H,16,17,18). The molecule has 0 radical (unpaired) electrons. The van der Waals surface area contributed by atoms with E-state index in [0.717, 1.165) is 24.1 Å². The van der Waals surface area contributed by atoms with Crippen LogP contribution in [0.2, 0.25) is 5.15 Å². The maximum absolute atomic E-state index is 12.8. The first-order valence-corrected chi connectivity index (χ1v) is 6.10. The number of hydrogen-bond acceptors (Lipinski definition) is 3. The number of aromatic nitrogens is 2. The molecular formula is C13H13ClFN3. The fourth-order valence-corrected chi connectivity index (χ4v) is 1.87. The summed E-state index contributed by atoms with van der Waals surface area (Å²) < 4.78 is 12.8. The Morgan fingerprint density at radius 3 is 2.61 bits per heavy atom. The third-order valence-corrected chi connectivity index (χ3v) is 2.83. The van der Waals surface area contributed by atoms with Crippen LogP contribution in [0.5, 0.6) is 0 Å². The predicted octanol–water partition coefficient (Wildman–Crippen LogP) is 3.97. The minimum atomic E-state index is -0.268. The average Bonchev–Trinajstić information content (AvgIpc) is 2.36. The lowest BCUT2D eigenvalue weighted by Gasteiger charge is -2.11. The Hall–Kier alpha value is -1.68. The lowest BCUT2D eigenvalue weighted by molar-refractivity contribution is 0.628. The van der Waals surface area contributed by atoms with Gasteiger partial charge in [0.2, 0.25) is 0 Å². The van der Waals surface area contributed by atoms with Crippen molar-refractivity contribution in [3.63, 3.8) is 0 Å². The first kappa shape index (κ1) is 12.8. The molecule has 1 N–H and O–H groups in total. The highest BCUT2D eigenvalue weighted by Crippen LogP contribution is 2.24. The molecule has 0 unspecified atom stereocenters. The normalized spacial score (nSPS) is 10.4. The van der Waals surface area contributed by atoms with Crippen molar-refractivity contribution in [3.8, 4) is 0 Å². The van der Waals surface area contributed by atoms with Gasteiger partial charge in [0.25, 0.3) is 0 Å². The number of halogens is 2. The van der Waals surface area contributed by atoms with Crippen molar-refractivity contribution in [1.29, 1.82) is 0 Å². The summed E-state index contributed by atoms with van der Waals surface area (Å²) in [6.07, 6.45) is 3.15. The summed E-state index contributed by atoms with van der Waals surface area (Å²) in [5.74, 6) is 0.401. The van der Waals surface area contributed by atoms with Gasteiger partial charge in [0.15, 0.2) is 0 Å². The van der Waals surface area contributed by atoms with E-state index in [-0.39, 0.29) is 5.82 Å². The summed E-state index contributed by atoms with van der Waals surface area (Å²) in [5, 5.41) is 3.58. The summed E-state index contributed by atoms with van der Waals surface area (Å²) in [6, 6.07) is 6.09. The van der Waals surface area contributed by atoms with Gasteiger partial charge in [0.1, 0.15) is 23.1 Å². The maximum Gasteiger partial charge on any atom is 0.138 e. The largest absolute Gasteiger partial charge is 0.340 e. The van der Waals surface area contributed by atoms with E-state index < -0.39 is 0 Å². The number of rotatable bonds is 4. The Balaban J connectivity index is 2.28. The summed E-state index contributed by atoms with van der Waals surface area (Å²) in [5.41, 5.74) is 1.65. The van der Waals surface area contributed by atoms with Crippen molar-refractivity contribution in [3.05, 3.63) is 47.1 Å². The molecule has 0 aliphatic carbocycles. The lowest BCUT2D eigenvalue weighted by Crippen LogP contribution is -2.01. The Bertz CT molecular complexity index is 528. The van der Waals surface area contributed by atoms with Crippen LogP contribution in [0.4, 0.5) is 15.9 Å². The van der Waals surface area contributed by atoms with Crippen LogP contribution in [0.15, 0.2) is 30.6 Å². The molecule has 2 rings (SSSR count). The molecule has 5 heteroatoms. The van der Waals surface area contributed by atoms with Gasteiger partial charge in [-0.1, -0.05) is 24.9 Å². The number of hydrogen-bond donors (Lipinski definition) is 1. The van der Waals surface area contributed by atoms with E-state index in [4.69, 9.17) is 11.6 Å². The Kier molecular flexibility index (Phi) is 4.10. The van der Waals surface area contributed by atoms with E-state index in [0.29, 0.717) is 11.0 Å². The predicted molar refractivity (Wildman–Crippen MR) is 70.7 cm³/mol.